The zero-order valence-electron chi connectivity index (χ0n) is 14.0. The molecule has 2 saturated carbocycles. The van der Waals surface area contributed by atoms with E-state index in [2.05, 4.69) is 42.5 Å². The van der Waals surface area contributed by atoms with Gasteiger partial charge < -0.3 is 5.11 Å². The molecule has 0 bridgehead atoms. The van der Waals surface area contributed by atoms with Gasteiger partial charge in [-0.15, -0.1) is 0 Å². The molecule has 1 nitrogen and oxygen atoms in total. The van der Waals surface area contributed by atoms with Gasteiger partial charge in [-0.25, -0.2) is 0 Å². The molecule has 0 saturated heterocycles. The standard InChI is InChI=1S/C22H28O/c23-21(15-17-7-2-1-3-8-17)22(13-6-14-22)20-12-11-18-9-4-5-10-19(18)16-20/h4-5,9-12,16-17,21,23H,1-3,6-8,13-15H2. The molecular formula is C22H28O. The molecule has 1 N–H and O–H groups in total. The summed E-state index contributed by atoms with van der Waals surface area (Å²) in [5.74, 6) is 0.747. The molecular weight excluding hydrogens is 280 g/mol. The fourth-order valence-corrected chi connectivity index (χ4v) is 4.84. The van der Waals surface area contributed by atoms with Gasteiger partial charge in [0.25, 0.3) is 0 Å². The average molecular weight is 308 g/mol. The minimum Gasteiger partial charge on any atom is -0.392 e. The number of benzene rings is 2. The van der Waals surface area contributed by atoms with Crippen molar-refractivity contribution in [2.45, 2.75) is 69.3 Å². The second kappa shape index (κ2) is 6.28. The Labute approximate surface area is 139 Å². The van der Waals surface area contributed by atoms with Gasteiger partial charge in [0.05, 0.1) is 6.10 Å². The third-order valence-corrected chi connectivity index (χ3v) is 6.49. The maximum Gasteiger partial charge on any atom is 0.0639 e. The van der Waals surface area contributed by atoms with Crippen molar-refractivity contribution in [3.8, 4) is 0 Å². The van der Waals surface area contributed by atoms with Crippen molar-refractivity contribution in [3.05, 3.63) is 48.0 Å². The SMILES string of the molecule is OC(CC1CCCCC1)C1(c2ccc3ccccc3c2)CCC1. The molecule has 1 heteroatoms. The smallest absolute Gasteiger partial charge is 0.0639 e. The molecule has 2 fully saturated rings. The van der Waals surface area contributed by atoms with E-state index in [4.69, 9.17) is 0 Å². The molecule has 0 aliphatic heterocycles. The molecule has 23 heavy (non-hydrogen) atoms. The Hall–Kier alpha value is -1.34. The van der Waals surface area contributed by atoms with Crippen LogP contribution in [0.2, 0.25) is 0 Å². The first kappa shape index (κ1) is 15.2. The van der Waals surface area contributed by atoms with Crippen molar-refractivity contribution in [1.82, 2.24) is 0 Å². The molecule has 0 spiro atoms. The van der Waals surface area contributed by atoms with E-state index in [0.29, 0.717) is 0 Å². The first-order chi connectivity index (χ1) is 11.3. The van der Waals surface area contributed by atoms with Crippen LogP contribution in [-0.4, -0.2) is 11.2 Å². The minimum absolute atomic E-state index is 0.0292. The Bertz CT molecular complexity index is 664. The van der Waals surface area contributed by atoms with E-state index in [9.17, 15) is 5.11 Å². The Morgan fingerprint density at radius 2 is 1.65 bits per heavy atom. The first-order valence-corrected chi connectivity index (χ1v) is 9.45. The van der Waals surface area contributed by atoms with Crippen molar-refractivity contribution in [2.75, 3.05) is 0 Å². The molecule has 2 aromatic rings. The Morgan fingerprint density at radius 3 is 2.35 bits per heavy atom. The number of hydrogen-bond acceptors (Lipinski definition) is 1. The largest absolute Gasteiger partial charge is 0.392 e. The van der Waals surface area contributed by atoms with Gasteiger partial charge in [0.1, 0.15) is 0 Å². The summed E-state index contributed by atoms with van der Waals surface area (Å²) in [6, 6.07) is 15.4. The van der Waals surface area contributed by atoms with Crippen LogP contribution in [0.4, 0.5) is 0 Å². The van der Waals surface area contributed by atoms with Crippen molar-refractivity contribution in [2.24, 2.45) is 5.92 Å². The van der Waals surface area contributed by atoms with Crippen LogP contribution in [0.5, 0.6) is 0 Å². The number of hydrogen-bond donors (Lipinski definition) is 1. The molecule has 0 amide bonds. The van der Waals surface area contributed by atoms with Gasteiger partial charge in [-0.05, 0) is 41.5 Å². The lowest BCUT2D eigenvalue weighted by Gasteiger charge is -2.47. The molecule has 1 atom stereocenters. The van der Waals surface area contributed by atoms with E-state index in [1.807, 2.05) is 0 Å². The molecule has 2 aliphatic carbocycles. The summed E-state index contributed by atoms with van der Waals surface area (Å²) in [7, 11) is 0. The lowest BCUT2D eigenvalue weighted by Crippen LogP contribution is -2.46. The van der Waals surface area contributed by atoms with Crippen LogP contribution in [0, 0.1) is 5.92 Å². The van der Waals surface area contributed by atoms with Gasteiger partial charge in [-0.3, -0.25) is 0 Å². The third-order valence-electron chi connectivity index (χ3n) is 6.49. The molecule has 1 unspecified atom stereocenters. The van der Waals surface area contributed by atoms with Crippen LogP contribution in [0.25, 0.3) is 10.8 Å². The van der Waals surface area contributed by atoms with Gasteiger partial charge in [0.15, 0.2) is 0 Å². The quantitative estimate of drug-likeness (QED) is 0.780. The number of fused-ring (bicyclic) bond motifs is 1. The first-order valence-electron chi connectivity index (χ1n) is 9.45. The van der Waals surface area contributed by atoms with Gasteiger partial charge in [-0.1, -0.05) is 81.0 Å². The fourth-order valence-electron chi connectivity index (χ4n) is 4.84. The van der Waals surface area contributed by atoms with Gasteiger partial charge in [-0.2, -0.15) is 0 Å². The molecule has 2 aromatic carbocycles. The van der Waals surface area contributed by atoms with Crippen molar-refractivity contribution < 1.29 is 5.11 Å². The highest BCUT2D eigenvalue weighted by atomic mass is 16.3. The van der Waals surface area contributed by atoms with Crippen molar-refractivity contribution in [1.29, 1.82) is 0 Å². The van der Waals surface area contributed by atoms with E-state index in [1.165, 1.54) is 54.9 Å². The summed E-state index contributed by atoms with van der Waals surface area (Å²) >= 11 is 0. The highest BCUT2D eigenvalue weighted by molar-refractivity contribution is 5.83. The molecule has 122 valence electrons. The molecule has 0 radical (unpaired) electrons. The van der Waals surface area contributed by atoms with Crippen LogP contribution >= 0.6 is 0 Å². The lowest BCUT2D eigenvalue weighted by atomic mass is 9.59. The normalized spacial score (nSPS) is 22.7. The fraction of sp³-hybridized carbons (Fsp3) is 0.545. The number of aliphatic hydroxyl groups excluding tert-OH is 1. The van der Waals surface area contributed by atoms with E-state index in [0.717, 1.165) is 25.2 Å². The molecule has 0 aromatic heterocycles. The summed E-state index contributed by atoms with van der Waals surface area (Å²) in [5.41, 5.74) is 1.40. The van der Waals surface area contributed by atoms with E-state index >= 15 is 0 Å². The van der Waals surface area contributed by atoms with Crippen LogP contribution in [0.1, 0.15) is 63.4 Å². The Balaban J connectivity index is 1.59. The van der Waals surface area contributed by atoms with Gasteiger partial charge >= 0.3 is 0 Å². The van der Waals surface area contributed by atoms with Crippen molar-refractivity contribution in [3.63, 3.8) is 0 Å². The van der Waals surface area contributed by atoms with E-state index in [-0.39, 0.29) is 11.5 Å². The van der Waals surface area contributed by atoms with Gasteiger partial charge in [0, 0.05) is 5.41 Å². The second-order valence-electron chi connectivity index (χ2n) is 7.83. The lowest BCUT2D eigenvalue weighted by molar-refractivity contribution is 0.00711. The number of rotatable bonds is 4. The molecule has 4 rings (SSSR count). The minimum atomic E-state index is -0.166. The summed E-state index contributed by atoms with van der Waals surface area (Å²) < 4.78 is 0. The van der Waals surface area contributed by atoms with E-state index < -0.39 is 0 Å². The summed E-state index contributed by atoms with van der Waals surface area (Å²) in [4.78, 5) is 0. The Kier molecular flexibility index (Phi) is 4.15. The molecule has 2 aliphatic rings. The zero-order chi connectivity index (χ0) is 15.7. The van der Waals surface area contributed by atoms with Crippen molar-refractivity contribution >= 4 is 10.8 Å². The predicted molar refractivity (Wildman–Crippen MR) is 96.7 cm³/mol. The monoisotopic (exact) mass is 308 g/mol. The van der Waals surface area contributed by atoms with Crippen LogP contribution < -0.4 is 0 Å². The number of aliphatic hydroxyl groups is 1. The summed E-state index contributed by atoms with van der Waals surface area (Å²) in [6.07, 6.45) is 11.2. The summed E-state index contributed by atoms with van der Waals surface area (Å²) in [6.45, 7) is 0. The summed E-state index contributed by atoms with van der Waals surface area (Å²) in [5, 5.41) is 13.7. The van der Waals surface area contributed by atoms with Crippen LogP contribution in [0.3, 0.4) is 0 Å². The van der Waals surface area contributed by atoms with E-state index in [1.54, 1.807) is 0 Å². The average Bonchev–Trinajstić information content (AvgIpc) is 2.55. The van der Waals surface area contributed by atoms with Crippen LogP contribution in [-0.2, 0) is 5.41 Å². The highest BCUT2D eigenvalue weighted by Crippen LogP contribution is 2.49. The topological polar surface area (TPSA) is 20.2 Å². The maximum absolute atomic E-state index is 11.1. The predicted octanol–water partition coefficient (Wildman–Crippen LogP) is 5.59. The maximum atomic E-state index is 11.1. The zero-order valence-corrected chi connectivity index (χ0v) is 14.0. The third kappa shape index (κ3) is 2.80. The Morgan fingerprint density at radius 1 is 0.913 bits per heavy atom. The second-order valence-corrected chi connectivity index (χ2v) is 7.83. The molecule has 0 heterocycles. The van der Waals surface area contributed by atoms with Gasteiger partial charge in [0.2, 0.25) is 0 Å². The highest BCUT2D eigenvalue weighted by Gasteiger charge is 2.45. The van der Waals surface area contributed by atoms with Crippen LogP contribution in [0.15, 0.2) is 42.5 Å².